The highest BCUT2D eigenvalue weighted by Crippen LogP contribution is 2.31. The fraction of sp³-hybridized carbons (Fsp3) is 0.417. The molecule has 2 unspecified atom stereocenters. The van der Waals surface area contributed by atoms with Crippen LogP contribution >= 0.6 is 11.6 Å². The van der Waals surface area contributed by atoms with Crippen LogP contribution in [0.25, 0.3) is 0 Å². The average Bonchev–Trinajstić information content (AvgIpc) is 2.78. The number of rotatable bonds is 8. The van der Waals surface area contributed by atoms with Crippen molar-refractivity contribution in [2.75, 3.05) is 26.1 Å². The second-order valence-corrected chi connectivity index (χ2v) is 11.0. The number of hydrogen-bond donors (Lipinski definition) is 1. The van der Waals surface area contributed by atoms with Crippen LogP contribution < -0.4 is 14.2 Å². The summed E-state index contributed by atoms with van der Waals surface area (Å²) in [6.45, 7) is 0.450. The Morgan fingerprint density at radius 1 is 1.14 bits per heavy atom. The molecule has 0 spiro atoms. The van der Waals surface area contributed by atoms with Gasteiger partial charge in [0.05, 0.1) is 38.0 Å². The van der Waals surface area contributed by atoms with Crippen LogP contribution in [0.1, 0.15) is 18.4 Å². The van der Waals surface area contributed by atoms with Crippen molar-refractivity contribution in [1.82, 2.24) is 9.62 Å². The van der Waals surface area contributed by atoms with Gasteiger partial charge in [-0.3, -0.25) is 14.3 Å². The Balaban J connectivity index is 1.39. The highest BCUT2D eigenvalue weighted by atomic mass is 35.5. The molecule has 2 amide bonds. The van der Waals surface area contributed by atoms with E-state index in [9.17, 15) is 22.4 Å². The number of sulfonamides is 1. The van der Waals surface area contributed by atoms with Crippen LogP contribution in [0.5, 0.6) is 11.5 Å². The summed E-state index contributed by atoms with van der Waals surface area (Å²) in [6.07, 6.45) is 1.56. The number of carbonyl (C=O) groups excluding carboxylic acids is 2. The van der Waals surface area contributed by atoms with Gasteiger partial charge >= 0.3 is 0 Å². The molecule has 2 aliphatic heterocycles. The van der Waals surface area contributed by atoms with Crippen LogP contribution in [0, 0.1) is 5.82 Å². The van der Waals surface area contributed by atoms with E-state index in [1.807, 2.05) is 4.72 Å². The van der Waals surface area contributed by atoms with E-state index in [0.29, 0.717) is 42.4 Å². The first kappa shape index (κ1) is 26.2. The second-order valence-electron chi connectivity index (χ2n) is 8.83. The quantitative estimate of drug-likeness (QED) is 0.547. The van der Waals surface area contributed by atoms with Gasteiger partial charge in [0.15, 0.2) is 6.61 Å². The normalized spacial score (nSPS) is 21.5. The third-order valence-electron chi connectivity index (χ3n) is 5.91. The molecule has 4 rings (SSSR count). The predicted octanol–water partition coefficient (Wildman–Crippen LogP) is 2.31. The van der Waals surface area contributed by atoms with Crippen LogP contribution in [-0.4, -0.2) is 69.4 Å². The predicted molar refractivity (Wildman–Crippen MR) is 129 cm³/mol. The largest absolute Gasteiger partial charge is 0.490 e. The maximum absolute atomic E-state index is 13.2. The van der Waals surface area contributed by atoms with Crippen molar-refractivity contribution < 1.29 is 36.6 Å². The minimum Gasteiger partial charge on any atom is -0.490 e. The zero-order valence-electron chi connectivity index (χ0n) is 19.5. The molecule has 2 aromatic carbocycles. The van der Waals surface area contributed by atoms with E-state index in [1.54, 1.807) is 23.1 Å². The molecule has 9 nitrogen and oxygen atoms in total. The molecule has 12 heteroatoms. The molecule has 0 radical (unpaired) electrons. The van der Waals surface area contributed by atoms with Gasteiger partial charge in [0, 0.05) is 23.4 Å². The van der Waals surface area contributed by atoms with Crippen LogP contribution in [0.4, 0.5) is 4.39 Å². The summed E-state index contributed by atoms with van der Waals surface area (Å²) in [5.41, 5.74) is 0.353. The van der Waals surface area contributed by atoms with Crippen LogP contribution in [-0.2, 0) is 30.8 Å². The lowest BCUT2D eigenvalue weighted by Gasteiger charge is -2.48. The van der Waals surface area contributed by atoms with E-state index < -0.39 is 15.9 Å². The van der Waals surface area contributed by atoms with Gasteiger partial charge in [-0.05, 0) is 42.5 Å². The summed E-state index contributed by atoms with van der Waals surface area (Å²) < 4.78 is 55.2. The first-order chi connectivity index (χ1) is 17.1. The highest BCUT2D eigenvalue weighted by Gasteiger charge is 2.42. The van der Waals surface area contributed by atoms with Gasteiger partial charge in [0.2, 0.25) is 15.9 Å². The standard InChI is InChI=1S/C24H26ClFN2O7S/c1-36(31,32)27-23(29)9-15-8-16(25)2-7-22(15)34-14-24(30)28-18-10-21(11-19(28)13-33-12-18)35-20-5-3-17(26)4-6-20/h2-8,18-19,21H,9-14H2,1H3,(H,27,29). The smallest absolute Gasteiger partial charge is 0.261 e. The number of nitrogens with zero attached hydrogens (tertiary/aromatic N) is 1. The molecule has 2 fully saturated rings. The monoisotopic (exact) mass is 540 g/mol. The van der Waals surface area contributed by atoms with Crippen LogP contribution in [0.2, 0.25) is 5.02 Å². The zero-order valence-corrected chi connectivity index (χ0v) is 21.1. The molecule has 1 N–H and O–H groups in total. The minimum atomic E-state index is -3.71. The molecule has 0 aliphatic carbocycles. The molecule has 2 saturated heterocycles. The summed E-state index contributed by atoms with van der Waals surface area (Å²) in [5, 5.41) is 0.339. The second kappa shape index (κ2) is 11.0. The Morgan fingerprint density at radius 2 is 1.81 bits per heavy atom. The number of hydrogen-bond acceptors (Lipinski definition) is 7. The van der Waals surface area contributed by atoms with Gasteiger partial charge in [0.1, 0.15) is 23.4 Å². The van der Waals surface area contributed by atoms with Gasteiger partial charge in [-0.1, -0.05) is 11.6 Å². The summed E-state index contributed by atoms with van der Waals surface area (Å²) in [7, 11) is -3.71. The van der Waals surface area contributed by atoms with Gasteiger partial charge in [-0.2, -0.15) is 0 Å². The SMILES string of the molecule is CS(=O)(=O)NC(=O)Cc1cc(Cl)ccc1OCC(=O)N1C2COCC1CC(Oc1ccc(F)cc1)C2. The molecular weight excluding hydrogens is 515 g/mol. The molecule has 0 saturated carbocycles. The van der Waals surface area contributed by atoms with Crippen molar-refractivity contribution in [2.45, 2.75) is 37.5 Å². The molecule has 2 aromatic rings. The number of carbonyl (C=O) groups is 2. The van der Waals surface area contributed by atoms with E-state index in [0.717, 1.165) is 6.26 Å². The highest BCUT2D eigenvalue weighted by molar-refractivity contribution is 7.89. The molecule has 194 valence electrons. The molecule has 2 bridgehead atoms. The number of ether oxygens (including phenoxy) is 3. The van der Waals surface area contributed by atoms with E-state index in [4.69, 9.17) is 25.8 Å². The number of benzene rings is 2. The van der Waals surface area contributed by atoms with E-state index in [-0.39, 0.29) is 48.7 Å². The van der Waals surface area contributed by atoms with Crippen molar-refractivity contribution in [2.24, 2.45) is 0 Å². The lowest BCUT2D eigenvalue weighted by molar-refractivity contribution is -0.157. The minimum absolute atomic E-state index is 0.143. The van der Waals surface area contributed by atoms with Gasteiger partial charge in [0.25, 0.3) is 5.91 Å². The summed E-state index contributed by atoms with van der Waals surface area (Å²) in [4.78, 5) is 27.0. The van der Waals surface area contributed by atoms with Crippen molar-refractivity contribution in [1.29, 1.82) is 0 Å². The average molecular weight is 541 g/mol. The Morgan fingerprint density at radius 3 is 2.44 bits per heavy atom. The third kappa shape index (κ3) is 6.86. The summed E-state index contributed by atoms with van der Waals surface area (Å²) in [6, 6.07) is 10.00. The van der Waals surface area contributed by atoms with Gasteiger partial charge < -0.3 is 19.1 Å². The van der Waals surface area contributed by atoms with Crippen molar-refractivity contribution in [3.05, 3.63) is 58.9 Å². The maximum atomic E-state index is 13.2. The van der Waals surface area contributed by atoms with Gasteiger partial charge in [-0.15, -0.1) is 0 Å². The lowest BCUT2D eigenvalue weighted by atomic mass is 9.91. The third-order valence-corrected chi connectivity index (χ3v) is 6.74. The first-order valence-corrected chi connectivity index (χ1v) is 13.6. The van der Waals surface area contributed by atoms with Crippen molar-refractivity contribution in [3.63, 3.8) is 0 Å². The van der Waals surface area contributed by atoms with Gasteiger partial charge in [-0.25, -0.2) is 12.8 Å². The van der Waals surface area contributed by atoms with E-state index >= 15 is 0 Å². The summed E-state index contributed by atoms with van der Waals surface area (Å²) >= 11 is 6.04. The molecule has 2 aliphatic rings. The number of nitrogens with one attached hydrogen (secondary N) is 1. The van der Waals surface area contributed by atoms with Crippen molar-refractivity contribution in [3.8, 4) is 11.5 Å². The number of morpholine rings is 1. The lowest BCUT2D eigenvalue weighted by Crippen LogP contribution is -2.61. The van der Waals surface area contributed by atoms with Crippen LogP contribution in [0.15, 0.2) is 42.5 Å². The first-order valence-electron chi connectivity index (χ1n) is 11.3. The molecule has 0 aromatic heterocycles. The number of piperidine rings is 1. The zero-order chi connectivity index (χ0) is 25.9. The van der Waals surface area contributed by atoms with E-state index in [2.05, 4.69) is 0 Å². The Labute approximate surface area is 213 Å². The number of fused-ring (bicyclic) bond motifs is 2. The topological polar surface area (TPSA) is 111 Å². The Bertz CT molecular complexity index is 1210. The maximum Gasteiger partial charge on any atom is 0.261 e. The Kier molecular flexibility index (Phi) is 8.01. The molecule has 2 atom stereocenters. The molecule has 36 heavy (non-hydrogen) atoms. The van der Waals surface area contributed by atoms with Crippen molar-refractivity contribution >= 4 is 33.4 Å². The fourth-order valence-corrected chi connectivity index (χ4v) is 5.21. The summed E-state index contributed by atoms with van der Waals surface area (Å²) in [5.74, 6) is -0.500. The van der Waals surface area contributed by atoms with E-state index in [1.165, 1.54) is 24.3 Å². The Hall–Kier alpha value is -2.89. The molecular formula is C24H26ClFN2O7S. The van der Waals surface area contributed by atoms with Crippen LogP contribution in [0.3, 0.4) is 0 Å². The molecule has 2 heterocycles. The number of amides is 2. The fourth-order valence-electron chi connectivity index (χ4n) is 4.53. The number of halogens is 2.